The standard InChI is InChI=1S/C15H20O3/c1-10-4-5-13(6-11(10)2)15(8-18-9-15)12(3)7-14(16)17/h4-6,12H,7-9H2,1-3H3,(H,16,17). The normalized spacial score (nSPS) is 19.1. The SMILES string of the molecule is Cc1ccc(C2(C(C)CC(=O)O)COC2)cc1C. The topological polar surface area (TPSA) is 46.5 Å². The molecule has 0 aromatic heterocycles. The third-order valence-corrected chi connectivity index (χ3v) is 4.23. The molecular weight excluding hydrogens is 228 g/mol. The molecule has 0 amide bonds. The lowest BCUT2D eigenvalue weighted by Gasteiger charge is -2.46. The number of aliphatic carboxylic acids is 1. The van der Waals surface area contributed by atoms with E-state index in [4.69, 9.17) is 9.84 Å². The molecular formula is C15H20O3. The molecule has 1 aromatic rings. The third-order valence-electron chi connectivity index (χ3n) is 4.23. The second-order valence-corrected chi connectivity index (χ2v) is 5.45. The fourth-order valence-electron chi connectivity index (χ4n) is 2.57. The van der Waals surface area contributed by atoms with Crippen LogP contribution in [0.4, 0.5) is 0 Å². The number of carboxylic acids is 1. The van der Waals surface area contributed by atoms with Gasteiger partial charge in [-0.05, 0) is 36.5 Å². The average Bonchev–Trinajstić information content (AvgIpc) is 2.20. The molecule has 1 heterocycles. The summed E-state index contributed by atoms with van der Waals surface area (Å²) >= 11 is 0. The molecule has 1 fully saturated rings. The van der Waals surface area contributed by atoms with Crippen molar-refractivity contribution in [3.8, 4) is 0 Å². The van der Waals surface area contributed by atoms with Crippen LogP contribution in [0, 0.1) is 19.8 Å². The van der Waals surface area contributed by atoms with Gasteiger partial charge in [-0.15, -0.1) is 0 Å². The van der Waals surface area contributed by atoms with Gasteiger partial charge in [0.25, 0.3) is 0 Å². The Bertz CT molecular complexity index is 461. The molecule has 0 spiro atoms. The number of aryl methyl sites for hydroxylation is 2. The van der Waals surface area contributed by atoms with Gasteiger partial charge in [-0.1, -0.05) is 25.1 Å². The van der Waals surface area contributed by atoms with E-state index in [1.165, 1.54) is 16.7 Å². The van der Waals surface area contributed by atoms with Crippen molar-refractivity contribution >= 4 is 5.97 Å². The van der Waals surface area contributed by atoms with Crippen LogP contribution in [0.15, 0.2) is 18.2 Å². The Morgan fingerprint density at radius 3 is 2.50 bits per heavy atom. The Morgan fingerprint density at radius 1 is 1.39 bits per heavy atom. The maximum Gasteiger partial charge on any atom is 0.303 e. The van der Waals surface area contributed by atoms with E-state index >= 15 is 0 Å². The van der Waals surface area contributed by atoms with Crippen LogP contribution in [0.1, 0.15) is 30.0 Å². The Balaban J connectivity index is 2.31. The second kappa shape index (κ2) is 4.73. The number of carboxylic acid groups (broad SMARTS) is 1. The van der Waals surface area contributed by atoms with Crippen LogP contribution >= 0.6 is 0 Å². The van der Waals surface area contributed by atoms with Crippen LogP contribution in [0.3, 0.4) is 0 Å². The lowest BCUT2D eigenvalue weighted by atomic mass is 9.68. The molecule has 1 aliphatic heterocycles. The third kappa shape index (κ3) is 2.15. The highest BCUT2D eigenvalue weighted by Gasteiger charge is 2.45. The van der Waals surface area contributed by atoms with E-state index in [0.29, 0.717) is 13.2 Å². The Labute approximate surface area is 108 Å². The van der Waals surface area contributed by atoms with Gasteiger partial charge >= 0.3 is 5.97 Å². The number of hydrogen-bond acceptors (Lipinski definition) is 2. The molecule has 1 aromatic carbocycles. The quantitative estimate of drug-likeness (QED) is 0.891. The molecule has 1 saturated heterocycles. The van der Waals surface area contributed by atoms with Crippen molar-refractivity contribution in [2.45, 2.75) is 32.6 Å². The molecule has 1 atom stereocenters. The minimum atomic E-state index is -0.738. The Morgan fingerprint density at radius 2 is 2.06 bits per heavy atom. The molecule has 1 unspecified atom stereocenters. The van der Waals surface area contributed by atoms with E-state index in [9.17, 15) is 4.79 Å². The predicted molar refractivity (Wildman–Crippen MR) is 69.8 cm³/mol. The first-order chi connectivity index (χ1) is 8.45. The molecule has 98 valence electrons. The maximum atomic E-state index is 10.9. The molecule has 18 heavy (non-hydrogen) atoms. The van der Waals surface area contributed by atoms with Crippen molar-refractivity contribution in [1.29, 1.82) is 0 Å². The summed E-state index contributed by atoms with van der Waals surface area (Å²) in [6.45, 7) is 7.44. The zero-order valence-electron chi connectivity index (χ0n) is 11.2. The van der Waals surface area contributed by atoms with E-state index in [1.54, 1.807) is 0 Å². The van der Waals surface area contributed by atoms with Crippen LogP contribution in [0.25, 0.3) is 0 Å². The number of hydrogen-bond donors (Lipinski definition) is 1. The number of benzene rings is 1. The van der Waals surface area contributed by atoms with Gasteiger partial charge in [0.1, 0.15) is 0 Å². The summed E-state index contributed by atoms with van der Waals surface area (Å²) in [5.74, 6) is -0.650. The molecule has 1 N–H and O–H groups in total. The van der Waals surface area contributed by atoms with Crippen molar-refractivity contribution in [3.63, 3.8) is 0 Å². The van der Waals surface area contributed by atoms with Crippen LogP contribution < -0.4 is 0 Å². The summed E-state index contributed by atoms with van der Waals surface area (Å²) in [6.07, 6.45) is 0.191. The summed E-state index contributed by atoms with van der Waals surface area (Å²) in [5, 5.41) is 8.97. The fraction of sp³-hybridized carbons (Fsp3) is 0.533. The summed E-state index contributed by atoms with van der Waals surface area (Å²) in [7, 11) is 0. The van der Waals surface area contributed by atoms with Gasteiger partial charge in [0.15, 0.2) is 0 Å². The highest BCUT2D eigenvalue weighted by atomic mass is 16.5. The average molecular weight is 248 g/mol. The van der Waals surface area contributed by atoms with Gasteiger partial charge in [-0.2, -0.15) is 0 Å². The molecule has 3 heteroatoms. The number of carbonyl (C=O) groups is 1. The molecule has 2 rings (SSSR count). The van der Waals surface area contributed by atoms with Gasteiger partial charge in [0, 0.05) is 11.8 Å². The van der Waals surface area contributed by atoms with Crippen molar-refractivity contribution in [3.05, 3.63) is 34.9 Å². The summed E-state index contributed by atoms with van der Waals surface area (Å²) in [4.78, 5) is 10.9. The van der Waals surface area contributed by atoms with Crippen molar-refractivity contribution < 1.29 is 14.6 Å². The monoisotopic (exact) mass is 248 g/mol. The van der Waals surface area contributed by atoms with Crippen LogP contribution in [0.2, 0.25) is 0 Å². The van der Waals surface area contributed by atoms with Gasteiger partial charge in [-0.3, -0.25) is 4.79 Å². The van der Waals surface area contributed by atoms with Gasteiger partial charge in [-0.25, -0.2) is 0 Å². The van der Waals surface area contributed by atoms with Crippen molar-refractivity contribution in [2.75, 3.05) is 13.2 Å². The van der Waals surface area contributed by atoms with E-state index < -0.39 is 5.97 Å². The lowest BCUT2D eigenvalue weighted by molar-refractivity contribution is -0.142. The first-order valence-electron chi connectivity index (χ1n) is 6.33. The predicted octanol–water partition coefficient (Wildman–Crippen LogP) is 2.68. The zero-order chi connectivity index (χ0) is 13.3. The lowest BCUT2D eigenvalue weighted by Crippen LogP contribution is -2.52. The second-order valence-electron chi connectivity index (χ2n) is 5.45. The Hall–Kier alpha value is -1.35. The van der Waals surface area contributed by atoms with Crippen LogP contribution in [-0.4, -0.2) is 24.3 Å². The highest BCUT2D eigenvalue weighted by Crippen LogP contribution is 2.41. The molecule has 0 saturated carbocycles. The summed E-state index contributed by atoms with van der Waals surface area (Å²) in [5.41, 5.74) is 3.61. The van der Waals surface area contributed by atoms with Gasteiger partial charge in [0.05, 0.1) is 13.2 Å². The number of rotatable bonds is 4. The van der Waals surface area contributed by atoms with E-state index in [1.807, 2.05) is 6.92 Å². The Kier molecular flexibility index (Phi) is 3.44. The van der Waals surface area contributed by atoms with E-state index in [0.717, 1.165) is 0 Å². The smallest absolute Gasteiger partial charge is 0.303 e. The van der Waals surface area contributed by atoms with Gasteiger partial charge in [0.2, 0.25) is 0 Å². The number of ether oxygens (including phenoxy) is 1. The highest BCUT2D eigenvalue weighted by molar-refractivity contribution is 5.67. The summed E-state index contributed by atoms with van der Waals surface area (Å²) in [6, 6.07) is 6.40. The molecule has 0 radical (unpaired) electrons. The van der Waals surface area contributed by atoms with Crippen molar-refractivity contribution in [1.82, 2.24) is 0 Å². The molecule has 0 aliphatic carbocycles. The van der Waals surface area contributed by atoms with E-state index in [-0.39, 0.29) is 17.8 Å². The molecule has 1 aliphatic rings. The van der Waals surface area contributed by atoms with Crippen molar-refractivity contribution in [2.24, 2.45) is 5.92 Å². The minimum Gasteiger partial charge on any atom is -0.481 e. The molecule has 0 bridgehead atoms. The fourth-order valence-corrected chi connectivity index (χ4v) is 2.57. The minimum absolute atomic E-state index is 0.0888. The van der Waals surface area contributed by atoms with Crippen LogP contribution in [0.5, 0.6) is 0 Å². The van der Waals surface area contributed by atoms with E-state index in [2.05, 4.69) is 32.0 Å². The molecule has 3 nitrogen and oxygen atoms in total. The first kappa shape index (κ1) is 13.1. The largest absolute Gasteiger partial charge is 0.481 e. The zero-order valence-corrected chi connectivity index (χ0v) is 11.2. The van der Waals surface area contributed by atoms with Gasteiger partial charge < -0.3 is 9.84 Å². The van der Waals surface area contributed by atoms with Crippen LogP contribution in [-0.2, 0) is 14.9 Å². The maximum absolute atomic E-state index is 10.9. The summed E-state index contributed by atoms with van der Waals surface area (Å²) < 4.78 is 5.37. The first-order valence-corrected chi connectivity index (χ1v) is 6.33.